The molecule has 0 amide bonds. The van der Waals surface area contributed by atoms with Crippen LogP contribution < -0.4 is 0 Å². The van der Waals surface area contributed by atoms with E-state index in [0.29, 0.717) is 18.1 Å². The molecule has 0 N–H and O–H groups in total. The third kappa shape index (κ3) is 4.86. The minimum absolute atomic E-state index is 0.174. The Hall–Kier alpha value is -2.59. The van der Waals surface area contributed by atoms with E-state index in [9.17, 15) is 13.2 Å². The van der Waals surface area contributed by atoms with Crippen LogP contribution in [0.4, 0.5) is 13.2 Å². The molecule has 2 aliphatic rings. The third-order valence-corrected chi connectivity index (χ3v) is 7.33. The van der Waals surface area contributed by atoms with Crippen molar-refractivity contribution in [1.29, 1.82) is 0 Å². The number of hydrogen-bond donors (Lipinski definition) is 0. The van der Waals surface area contributed by atoms with Crippen LogP contribution in [0, 0.1) is 29.3 Å². The van der Waals surface area contributed by atoms with Gasteiger partial charge in [-0.25, -0.2) is 13.2 Å². The molecule has 0 radical (unpaired) electrons. The standard InChI is InChI=1S/C29H29F3O/c1-18-2-4-19(5-3-18)6-7-22-12-13-23(16-26(22)30)20-8-10-21(11-9-20)24-14-15-25(27-17-33-27)29(32)28(24)31/h8-16,18-19,27H,2-7,17H2,1H3. The van der Waals surface area contributed by atoms with Crippen molar-refractivity contribution in [3.63, 3.8) is 0 Å². The van der Waals surface area contributed by atoms with Crippen LogP contribution in [0.15, 0.2) is 54.6 Å². The van der Waals surface area contributed by atoms with Gasteiger partial charge in [-0.15, -0.1) is 0 Å². The monoisotopic (exact) mass is 450 g/mol. The molecule has 0 spiro atoms. The summed E-state index contributed by atoms with van der Waals surface area (Å²) in [6.45, 7) is 2.75. The molecule has 0 bridgehead atoms. The molecule has 0 aromatic heterocycles. The van der Waals surface area contributed by atoms with E-state index in [1.165, 1.54) is 25.7 Å². The normalized spacial score (nSPS) is 22.4. The average Bonchev–Trinajstić information content (AvgIpc) is 3.67. The van der Waals surface area contributed by atoms with Crippen LogP contribution in [-0.2, 0) is 11.2 Å². The molecule has 2 fully saturated rings. The van der Waals surface area contributed by atoms with E-state index in [2.05, 4.69) is 6.92 Å². The van der Waals surface area contributed by atoms with Gasteiger partial charge >= 0.3 is 0 Å². The third-order valence-electron chi connectivity index (χ3n) is 7.33. The molecule has 1 atom stereocenters. The summed E-state index contributed by atoms with van der Waals surface area (Å²) >= 11 is 0. The Labute approximate surface area is 193 Å². The van der Waals surface area contributed by atoms with Crippen molar-refractivity contribution < 1.29 is 17.9 Å². The van der Waals surface area contributed by atoms with Gasteiger partial charge in [0.25, 0.3) is 0 Å². The molecule has 33 heavy (non-hydrogen) atoms. The zero-order valence-electron chi connectivity index (χ0n) is 18.9. The first-order chi connectivity index (χ1) is 16.0. The predicted molar refractivity (Wildman–Crippen MR) is 125 cm³/mol. The topological polar surface area (TPSA) is 12.5 Å². The molecule has 3 aromatic rings. The highest BCUT2D eigenvalue weighted by molar-refractivity contribution is 5.71. The molecule has 1 unspecified atom stereocenters. The summed E-state index contributed by atoms with van der Waals surface area (Å²) in [6.07, 6.45) is 6.58. The van der Waals surface area contributed by atoms with Gasteiger partial charge in [-0.05, 0) is 53.0 Å². The molecule has 172 valence electrons. The molecule has 3 aromatic carbocycles. The molecule has 5 rings (SSSR count). The van der Waals surface area contributed by atoms with Gasteiger partial charge in [0.05, 0.1) is 6.61 Å². The molecular formula is C29H29F3O. The van der Waals surface area contributed by atoms with E-state index in [0.717, 1.165) is 35.4 Å². The Morgan fingerprint density at radius 3 is 2.12 bits per heavy atom. The first kappa shape index (κ1) is 22.2. The summed E-state index contributed by atoms with van der Waals surface area (Å²) in [6, 6.07) is 15.7. The van der Waals surface area contributed by atoms with Crippen molar-refractivity contribution in [2.75, 3.05) is 6.61 Å². The number of halogens is 3. The summed E-state index contributed by atoms with van der Waals surface area (Å²) in [5.74, 6) is -0.343. The second-order valence-corrected chi connectivity index (χ2v) is 9.70. The maximum Gasteiger partial charge on any atom is 0.167 e. The zero-order chi connectivity index (χ0) is 22.9. The highest BCUT2D eigenvalue weighted by Gasteiger charge is 2.30. The molecule has 1 heterocycles. The van der Waals surface area contributed by atoms with E-state index in [-0.39, 0.29) is 23.0 Å². The van der Waals surface area contributed by atoms with E-state index >= 15 is 0 Å². The van der Waals surface area contributed by atoms with Crippen LogP contribution in [0.25, 0.3) is 22.3 Å². The molecule has 1 saturated heterocycles. The smallest absolute Gasteiger partial charge is 0.167 e. The van der Waals surface area contributed by atoms with Crippen molar-refractivity contribution >= 4 is 0 Å². The number of hydrogen-bond acceptors (Lipinski definition) is 1. The first-order valence-corrected chi connectivity index (χ1v) is 12.0. The van der Waals surface area contributed by atoms with Gasteiger partial charge < -0.3 is 4.74 Å². The van der Waals surface area contributed by atoms with Crippen LogP contribution >= 0.6 is 0 Å². The molecule has 1 aliphatic heterocycles. The van der Waals surface area contributed by atoms with Gasteiger partial charge in [-0.3, -0.25) is 0 Å². The average molecular weight is 451 g/mol. The maximum atomic E-state index is 14.8. The Morgan fingerprint density at radius 2 is 1.45 bits per heavy atom. The Bertz CT molecular complexity index is 1130. The van der Waals surface area contributed by atoms with Crippen molar-refractivity contribution in [1.82, 2.24) is 0 Å². The lowest BCUT2D eigenvalue weighted by molar-refractivity contribution is 0.277. The Balaban J connectivity index is 1.28. The Kier molecular flexibility index (Phi) is 6.29. The largest absolute Gasteiger partial charge is 0.368 e. The van der Waals surface area contributed by atoms with Gasteiger partial charge in [-0.1, -0.05) is 81.1 Å². The Morgan fingerprint density at radius 1 is 0.788 bits per heavy atom. The zero-order valence-corrected chi connectivity index (χ0v) is 18.9. The van der Waals surface area contributed by atoms with Gasteiger partial charge in [0.15, 0.2) is 11.6 Å². The summed E-state index contributed by atoms with van der Waals surface area (Å²) in [5, 5.41) is 0. The number of aryl methyl sites for hydroxylation is 1. The van der Waals surface area contributed by atoms with Crippen molar-refractivity contribution in [3.8, 4) is 22.3 Å². The first-order valence-electron chi connectivity index (χ1n) is 12.0. The van der Waals surface area contributed by atoms with Crippen molar-refractivity contribution in [2.45, 2.75) is 51.6 Å². The van der Waals surface area contributed by atoms with Crippen LogP contribution in [-0.4, -0.2) is 6.61 Å². The highest BCUT2D eigenvalue weighted by Crippen LogP contribution is 2.36. The van der Waals surface area contributed by atoms with E-state index in [1.807, 2.05) is 24.3 Å². The quantitative estimate of drug-likeness (QED) is 0.344. The van der Waals surface area contributed by atoms with Gasteiger partial charge in [0.1, 0.15) is 11.9 Å². The maximum absolute atomic E-state index is 14.8. The van der Waals surface area contributed by atoms with Crippen molar-refractivity contribution in [3.05, 3.63) is 83.2 Å². The van der Waals surface area contributed by atoms with E-state index < -0.39 is 11.6 Å². The lowest BCUT2D eigenvalue weighted by Gasteiger charge is -2.26. The summed E-state index contributed by atoms with van der Waals surface area (Å²) in [4.78, 5) is 0. The van der Waals surface area contributed by atoms with Crippen LogP contribution in [0.3, 0.4) is 0 Å². The van der Waals surface area contributed by atoms with E-state index in [1.54, 1.807) is 30.3 Å². The van der Waals surface area contributed by atoms with Crippen molar-refractivity contribution in [2.24, 2.45) is 11.8 Å². The summed E-state index contributed by atoms with van der Waals surface area (Å²) in [7, 11) is 0. The van der Waals surface area contributed by atoms with E-state index in [4.69, 9.17) is 4.74 Å². The van der Waals surface area contributed by atoms with Gasteiger partial charge in [0, 0.05) is 11.1 Å². The second kappa shape index (κ2) is 9.34. The lowest BCUT2D eigenvalue weighted by atomic mass is 9.80. The number of epoxide rings is 1. The molecule has 1 nitrogen and oxygen atoms in total. The second-order valence-electron chi connectivity index (χ2n) is 9.70. The van der Waals surface area contributed by atoms with Crippen LogP contribution in [0.5, 0.6) is 0 Å². The number of ether oxygens (including phenoxy) is 1. The fourth-order valence-corrected chi connectivity index (χ4v) is 5.01. The number of rotatable bonds is 6. The number of benzene rings is 3. The SMILES string of the molecule is CC1CCC(CCc2ccc(-c3ccc(-c4ccc(C5CO5)c(F)c4F)cc3)cc2F)CC1. The summed E-state index contributed by atoms with van der Waals surface area (Å²) < 4.78 is 48.8. The molecular weight excluding hydrogens is 421 g/mol. The lowest BCUT2D eigenvalue weighted by Crippen LogP contribution is -2.13. The van der Waals surface area contributed by atoms with Gasteiger partial charge in [0.2, 0.25) is 0 Å². The molecule has 1 saturated carbocycles. The fraction of sp³-hybridized carbons (Fsp3) is 0.379. The van der Waals surface area contributed by atoms with Crippen LogP contribution in [0.1, 0.15) is 56.3 Å². The van der Waals surface area contributed by atoms with Crippen LogP contribution in [0.2, 0.25) is 0 Å². The fourth-order valence-electron chi connectivity index (χ4n) is 5.01. The summed E-state index contributed by atoms with van der Waals surface area (Å²) in [5.41, 5.74) is 3.45. The minimum atomic E-state index is -0.862. The molecule has 1 aliphatic carbocycles. The highest BCUT2D eigenvalue weighted by atomic mass is 19.2. The molecule has 4 heteroatoms. The predicted octanol–water partition coefficient (Wildman–Crippen LogP) is 8.27. The minimum Gasteiger partial charge on any atom is -0.368 e. The van der Waals surface area contributed by atoms with Gasteiger partial charge in [-0.2, -0.15) is 0 Å².